The van der Waals surface area contributed by atoms with Crippen molar-refractivity contribution in [2.24, 2.45) is 0 Å². The highest BCUT2D eigenvalue weighted by Gasteiger charge is 2.13. The van der Waals surface area contributed by atoms with Gasteiger partial charge in [0.15, 0.2) is 0 Å². The summed E-state index contributed by atoms with van der Waals surface area (Å²) < 4.78 is 5.88. The molecule has 0 aliphatic heterocycles. The van der Waals surface area contributed by atoms with E-state index in [1.807, 2.05) is 61.7 Å². The maximum absolute atomic E-state index is 9.44. The third-order valence-electron chi connectivity index (χ3n) is 4.60. The second kappa shape index (κ2) is 12.7. The van der Waals surface area contributed by atoms with Gasteiger partial charge in [0.05, 0.1) is 28.8 Å². The first-order valence-corrected chi connectivity index (χ1v) is 11.9. The Morgan fingerprint density at radius 2 is 1.79 bits per heavy atom. The molecule has 4 aromatic rings. The first-order chi connectivity index (χ1) is 16.4. The topological polar surface area (TPSA) is 77.0 Å². The lowest BCUT2D eigenvalue weighted by Crippen LogP contribution is -2.04. The largest absolute Gasteiger partial charge is 0.376 e. The van der Waals surface area contributed by atoms with E-state index in [2.05, 4.69) is 34.3 Å². The monoisotopic (exact) mass is 474 g/mol. The van der Waals surface area contributed by atoms with E-state index in [1.54, 1.807) is 17.5 Å². The van der Waals surface area contributed by atoms with Crippen LogP contribution in [0.4, 0.5) is 11.6 Å². The van der Waals surface area contributed by atoms with Gasteiger partial charge in [-0.2, -0.15) is 0 Å². The number of hydrogen-bond acceptors (Lipinski definition) is 7. The predicted molar refractivity (Wildman–Crippen MR) is 138 cm³/mol. The first kappa shape index (κ1) is 25.2. The summed E-state index contributed by atoms with van der Waals surface area (Å²) in [6.45, 7) is 8.49. The Bertz CT molecular complexity index is 1190. The van der Waals surface area contributed by atoms with Gasteiger partial charge >= 0.3 is 0 Å². The van der Waals surface area contributed by atoms with E-state index in [-0.39, 0.29) is 11.7 Å². The number of pyridine rings is 2. The first-order valence-electron chi connectivity index (χ1n) is 11.1. The van der Waals surface area contributed by atoms with Crippen molar-refractivity contribution >= 4 is 28.8 Å². The van der Waals surface area contributed by atoms with Crippen molar-refractivity contribution in [3.63, 3.8) is 0 Å². The number of benzene rings is 1. The van der Waals surface area contributed by atoms with Crippen LogP contribution in [0.1, 0.15) is 42.8 Å². The normalized spacial score (nSPS) is 11.3. The van der Waals surface area contributed by atoms with Crippen LogP contribution in [0, 0.1) is 6.92 Å². The maximum Gasteiger partial charge on any atom is 0.132 e. The average Bonchev–Trinajstić information content (AvgIpc) is 3.30. The van der Waals surface area contributed by atoms with E-state index in [4.69, 9.17) is 9.72 Å². The van der Waals surface area contributed by atoms with Gasteiger partial charge in [0.1, 0.15) is 17.4 Å². The molecule has 1 unspecified atom stereocenters. The van der Waals surface area contributed by atoms with Gasteiger partial charge in [-0.25, -0.2) is 15.0 Å². The standard InChI is InChI=1S/C24H24N4OS.C3H6O/c1-17-11-12-25-23(13-17)28-22-10-6-9-20(27-22)21-14-26-24(30-21)18(2)15-29-16-19-7-4-3-5-8-19;1-3(2)4/h3-14,18H,15-16H2,1-2H3,(H,25,27,28);1-2H3. The van der Waals surface area contributed by atoms with E-state index in [0.29, 0.717) is 13.2 Å². The lowest BCUT2D eigenvalue weighted by atomic mass is 10.2. The molecular formula is C27H30N4O2S. The Morgan fingerprint density at radius 1 is 1.03 bits per heavy atom. The zero-order valence-electron chi connectivity index (χ0n) is 20.0. The molecule has 0 bridgehead atoms. The summed E-state index contributed by atoms with van der Waals surface area (Å²) >= 11 is 1.66. The molecule has 6 nitrogen and oxygen atoms in total. The third-order valence-corrected chi connectivity index (χ3v) is 5.85. The van der Waals surface area contributed by atoms with Gasteiger partial charge in [-0.15, -0.1) is 11.3 Å². The zero-order chi connectivity index (χ0) is 24.3. The second-order valence-electron chi connectivity index (χ2n) is 8.12. The fourth-order valence-corrected chi connectivity index (χ4v) is 3.93. The number of thiazole rings is 1. The third kappa shape index (κ3) is 8.17. The molecule has 0 amide bonds. The maximum atomic E-state index is 9.44. The molecule has 7 heteroatoms. The Hall–Kier alpha value is -3.42. The lowest BCUT2D eigenvalue weighted by Gasteiger charge is -2.09. The average molecular weight is 475 g/mol. The summed E-state index contributed by atoms with van der Waals surface area (Å²) in [5.41, 5.74) is 3.23. The SMILES string of the molecule is CC(C)=O.Cc1ccnc(Nc2cccc(-c3cnc(C(C)COCc4ccccc4)s3)n2)c1. The van der Waals surface area contributed by atoms with Crippen molar-refractivity contribution in [1.29, 1.82) is 0 Å². The predicted octanol–water partition coefficient (Wildman–Crippen LogP) is 6.57. The van der Waals surface area contributed by atoms with Crippen molar-refractivity contribution < 1.29 is 9.53 Å². The molecule has 176 valence electrons. The number of anilines is 2. The number of ether oxygens (including phenoxy) is 1. The lowest BCUT2D eigenvalue weighted by molar-refractivity contribution is -0.114. The minimum Gasteiger partial charge on any atom is -0.376 e. The van der Waals surface area contributed by atoms with Crippen molar-refractivity contribution in [2.45, 2.75) is 40.2 Å². The van der Waals surface area contributed by atoms with E-state index in [9.17, 15) is 4.79 Å². The Morgan fingerprint density at radius 3 is 2.53 bits per heavy atom. The van der Waals surface area contributed by atoms with Crippen LogP contribution in [-0.4, -0.2) is 27.3 Å². The Balaban J connectivity index is 0.000000751. The van der Waals surface area contributed by atoms with Crippen LogP contribution in [0.5, 0.6) is 0 Å². The number of hydrogen-bond donors (Lipinski definition) is 1. The summed E-state index contributed by atoms with van der Waals surface area (Å²) in [6, 6.07) is 20.1. The molecular weight excluding hydrogens is 444 g/mol. The quantitative estimate of drug-likeness (QED) is 0.311. The highest BCUT2D eigenvalue weighted by atomic mass is 32.1. The minimum absolute atomic E-state index is 0.167. The number of Topliss-reactive ketones (excluding diaryl/α,β-unsaturated/α-hetero) is 1. The number of nitrogens with zero attached hydrogens (tertiary/aromatic N) is 3. The van der Waals surface area contributed by atoms with Gasteiger partial charge in [0, 0.05) is 18.3 Å². The van der Waals surface area contributed by atoms with E-state index >= 15 is 0 Å². The molecule has 0 aliphatic carbocycles. The van der Waals surface area contributed by atoms with E-state index in [1.165, 1.54) is 19.4 Å². The van der Waals surface area contributed by atoms with Gasteiger partial charge in [-0.3, -0.25) is 0 Å². The molecule has 0 saturated heterocycles. The summed E-state index contributed by atoms with van der Waals surface area (Å²) in [4.78, 5) is 24.2. The summed E-state index contributed by atoms with van der Waals surface area (Å²) in [7, 11) is 0. The van der Waals surface area contributed by atoms with Crippen LogP contribution >= 0.6 is 11.3 Å². The molecule has 0 fully saturated rings. The molecule has 0 spiro atoms. The molecule has 3 heterocycles. The van der Waals surface area contributed by atoms with Gasteiger partial charge < -0.3 is 14.8 Å². The highest BCUT2D eigenvalue weighted by Crippen LogP contribution is 2.30. The summed E-state index contributed by atoms with van der Waals surface area (Å²) in [6.07, 6.45) is 3.68. The van der Waals surface area contributed by atoms with Gasteiger partial charge in [0.25, 0.3) is 0 Å². The second-order valence-corrected chi connectivity index (χ2v) is 9.19. The van der Waals surface area contributed by atoms with Crippen molar-refractivity contribution in [2.75, 3.05) is 11.9 Å². The van der Waals surface area contributed by atoms with Gasteiger partial charge in [0.2, 0.25) is 0 Å². The number of aryl methyl sites for hydroxylation is 1. The number of rotatable bonds is 8. The number of nitrogens with one attached hydrogen (secondary N) is 1. The molecule has 1 N–H and O–H groups in total. The fourth-order valence-electron chi connectivity index (χ4n) is 3.01. The van der Waals surface area contributed by atoms with E-state index in [0.717, 1.165) is 32.8 Å². The van der Waals surface area contributed by atoms with Crippen LogP contribution < -0.4 is 5.32 Å². The zero-order valence-corrected chi connectivity index (χ0v) is 20.8. The van der Waals surface area contributed by atoms with Crippen molar-refractivity contribution in [1.82, 2.24) is 15.0 Å². The number of ketones is 1. The van der Waals surface area contributed by atoms with Crippen LogP contribution in [-0.2, 0) is 16.1 Å². The molecule has 4 rings (SSSR count). The van der Waals surface area contributed by atoms with Crippen LogP contribution in [0.25, 0.3) is 10.6 Å². The summed E-state index contributed by atoms with van der Waals surface area (Å²) in [5.74, 6) is 1.94. The van der Waals surface area contributed by atoms with Crippen LogP contribution in [0.2, 0.25) is 0 Å². The Labute approximate surface area is 205 Å². The van der Waals surface area contributed by atoms with E-state index < -0.39 is 0 Å². The van der Waals surface area contributed by atoms with Crippen molar-refractivity contribution in [3.05, 3.63) is 89.2 Å². The number of carbonyl (C=O) groups is 1. The smallest absolute Gasteiger partial charge is 0.132 e. The summed E-state index contributed by atoms with van der Waals surface area (Å²) in [5, 5.41) is 4.32. The van der Waals surface area contributed by atoms with Crippen LogP contribution in [0.3, 0.4) is 0 Å². The Kier molecular flexibility index (Phi) is 9.43. The molecule has 0 radical (unpaired) electrons. The molecule has 3 aromatic heterocycles. The molecule has 0 aliphatic rings. The molecule has 34 heavy (non-hydrogen) atoms. The number of aromatic nitrogens is 3. The minimum atomic E-state index is 0.167. The highest BCUT2D eigenvalue weighted by molar-refractivity contribution is 7.15. The van der Waals surface area contributed by atoms with Gasteiger partial charge in [-0.1, -0.05) is 43.3 Å². The molecule has 1 atom stereocenters. The molecule has 1 aromatic carbocycles. The van der Waals surface area contributed by atoms with Crippen LogP contribution in [0.15, 0.2) is 73.1 Å². The molecule has 0 saturated carbocycles. The van der Waals surface area contributed by atoms with Gasteiger partial charge in [-0.05, 0) is 56.2 Å². The fraction of sp³-hybridized carbons (Fsp3) is 0.259. The number of carbonyl (C=O) groups excluding carboxylic acids is 1. The van der Waals surface area contributed by atoms with Crippen molar-refractivity contribution in [3.8, 4) is 10.6 Å².